The van der Waals surface area contributed by atoms with Gasteiger partial charge in [-0.3, -0.25) is 0 Å². The van der Waals surface area contributed by atoms with Gasteiger partial charge in [0.1, 0.15) is 0 Å². The number of benzene rings is 1. The third-order valence-electron chi connectivity index (χ3n) is 3.98. The molecular weight excluding hydrogens is 184 g/mol. The zero-order valence-electron chi connectivity index (χ0n) is 9.06. The molecule has 2 nitrogen and oxygen atoms in total. The van der Waals surface area contributed by atoms with Gasteiger partial charge in [0, 0.05) is 5.92 Å². The fourth-order valence-electron chi connectivity index (χ4n) is 3.02. The summed E-state index contributed by atoms with van der Waals surface area (Å²) in [6.45, 7) is 3.21. The molecule has 0 spiro atoms. The highest BCUT2D eigenvalue weighted by Crippen LogP contribution is 2.49. The molecule has 0 bridgehead atoms. The number of nitrogens with zero attached hydrogens (tertiary/aromatic N) is 2. The van der Waals surface area contributed by atoms with E-state index in [2.05, 4.69) is 47.5 Å². The predicted molar refractivity (Wildman–Crippen MR) is 60.0 cm³/mol. The molecule has 3 atom stereocenters. The van der Waals surface area contributed by atoms with E-state index in [1.807, 2.05) is 0 Å². The largest absolute Gasteiger partial charge is 0.193 e. The van der Waals surface area contributed by atoms with Gasteiger partial charge in [0.15, 0.2) is 0 Å². The molecule has 0 amide bonds. The number of rotatable bonds is 1. The Morgan fingerprint density at radius 1 is 1.27 bits per heavy atom. The summed E-state index contributed by atoms with van der Waals surface area (Å²) >= 11 is 0. The van der Waals surface area contributed by atoms with Crippen LogP contribution in [0.5, 0.6) is 0 Å². The van der Waals surface area contributed by atoms with Crippen molar-refractivity contribution in [2.45, 2.75) is 31.2 Å². The van der Waals surface area contributed by atoms with Crippen LogP contribution in [0.1, 0.15) is 31.2 Å². The first-order chi connectivity index (χ1) is 7.28. The van der Waals surface area contributed by atoms with Crippen LogP contribution in [0.3, 0.4) is 0 Å². The van der Waals surface area contributed by atoms with Crippen molar-refractivity contribution < 1.29 is 0 Å². The minimum atomic E-state index is 0.139. The van der Waals surface area contributed by atoms with Crippen molar-refractivity contribution >= 4 is 0 Å². The molecule has 1 aromatic rings. The summed E-state index contributed by atoms with van der Waals surface area (Å²) in [7, 11) is 0. The Hall–Kier alpha value is -1.18. The fraction of sp³-hybridized carbons (Fsp3) is 0.538. The van der Waals surface area contributed by atoms with Gasteiger partial charge in [-0.15, -0.1) is 0 Å². The standard InChI is InChI=1S/C13H16N2/c1-13-8-11(7-12(13)9-14-15-13)10-5-3-2-4-6-10/h2-6,11-12H,7-9H2,1H3/t11-,12-,13-/m0/s1. The number of fused-ring (bicyclic) bond motifs is 1. The highest BCUT2D eigenvalue weighted by atomic mass is 15.2. The van der Waals surface area contributed by atoms with Gasteiger partial charge in [0.05, 0.1) is 12.1 Å². The molecule has 1 aliphatic carbocycles. The van der Waals surface area contributed by atoms with E-state index in [9.17, 15) is 0 Å². The molecule has 1 heterocycles. The first-order valence-electron chi connectivity index (χ1n) is 5.71. The Labute approximate surface area is 90.4 Å². The summed E-state index contributed by atoms with van der Waals surface area (Å²) in [4.78, 5) is 0. The van der Waals surface area contributed by atoms with Crippen molar-refractivity contribution in [3.05, 3.63) is 35.9 Å². The van der Waals surface area contributed by atoms with E-state index in [0.717, 1.165) is 6.54 Å². The zero-order valence-corrected chi connectivity index (χ0v) is 9.06. The molecule has 2 heteroatoms. The van der Waals surface area contributed by atoms with Gasteiger partial charge in [0.25, 0.3) is 0 Å². The molecule has 3 rings (SSSR count). The molecule has 0 N–H and O–H groups in total. The van der Waals surface area contributed by atoms with Crippen LogP contribution in [0.15, 0.2) is 40.6 Å². The lowest BCUT2D eigenvalue weighted by atomic mass is 9.91. The van der Waals surface area contributed by atoms with Gasteiger partial charge < -0.3 is 0 Å². The van der Waals surface area contributed by atoms with Crippen molar-refractivity contribution in [2.75, 3.05) is 6.54 Å². The van der Waals surface area contributed by atoms with Gasteiger partial charge in [0.2, 0.25) is 0 Å². The Bertz CT molecular complexity index is 385. The van der Waals surface area contributed by atoms with Crippen molar-refractivity contribution in [1.82, 2.24) is 0 Å². The smallest absolute Gasteiger partial charge is 0.0840 e. The molecule has 2 aliphatic rings. The van der Waals surface area contributed by atoms with Crippen molar-refractivity contribution in [1.29, 1.82) is 0 Å². The lowest BCUT2D eigenvalue weighted by Gasteiger charge is -2.17. The molecule has 0 aromatic heterocycles. The molecule has 1 fully saturated rings. The number of hydrogen-bond donors (Lipinski definition) is 0. The van der Waals surface area contributed by atoms with E-state index in [4.69, 9.17) is 0 Å². The summed E-state index contributed by atoms with van der Waals surface area (Å²) in [5, 5.41) is 8.62. The maximum Gasteiger partial charge on any atom is 0.0840 e. The zero-order chi connectivity index (χ0) is 10.3. The fourth-order valence-corrected chi connectivity index (χ4v) is 3.02. The second-order valence-electron chi connectivity index (χ2n) is 5.03. The monoisotopic (exact) mass is 200 g/mol. The Morgan fingerprint density at radius 3 is 2.80 bits per heavy atom. The average Bonchev–Trinajstić information content (AvgIpc) is 2.74. The minimum absolute atomic E-state index is 0.139. The van der Waals surface area contributed by atoms with Crippen LogP contribution >= 0.6 is 0 Å². The second-order valence-corrected chi connectivity index (χ2v) is 5.03. The number of hydrogen-bond acceptors (Lipinski definition) is 2. The highest BCUT2D eigenvalue weighted by molar-refractivity contribution is 5.23. The van der Waals surface area contributed by atoms with Crippen LogP contribution in [-0.2, 0) is 0 Å². The summed E-state index contributed by atoms with van der Waals surface area (Å²) in [6.07, 6.45) is 2.43. The van der Waals surface area contributed by atoms with E-state index in [1.165, 1.54) is 18.4 Å². The molecule has 15 heavy (non-hydrogen) atoms. The van der Waals surface area contributed by atoms with Gasteiger partial charge in [-0.05, 0) is 31.2 Å². The van der Waals surface area contributed by atoms with Crippen LogP contribution < -0.4 is 0 Å². The van der Waals surface area contributed by atoms with E-state index in [0.29, 0.717) is 11.8 Å². The average molecular weight is 200 g/mol. The summed E-state index contributed by atoms with van der Waals surface area (Å²) in [5.74, 6) is 1.38. The quantitative estimate of drug-likeness (QED) is 0.663. The van der Waals surface area contributed by atoms with Crippen LogP contribution in [0, 0.1) is 5.92 Å². The highest BCUT2D eigenvalue weighted by Gasteiger charge is 2.47. The predicted octanol–water partition coefficient (Wildman–Crippen LogP) is 3.40. The van der Waals surface area contributed by atoms with Crippen molar-refractivity contribution in [3.8, 4) is 0 Å². The van der Waals surface area contributed by atoms with E-state index in [1.54, 1.807) is 0 Å². The van der Waals surface area contributed by atoms with Gasteiger partial charge in [-0.2, -0.15) is 10.2 Å². The molecule has 0 saturated heterocycles. The summed E-state index contributed by atoms with van der Waals surface area (Å²) < 4.78 is 0. The molecule has 0 unspecified atom stereocenters. The van der Waals surface area contributed by atoms with Crippen LogP contribution in [-0.4, -0.2) is 12.1 Å². The maximum atomic E-state index is 4.43. The topological polar surface area (TPSA) is 24.7 Å². The van der Waals surface area contributed by atoms with Gasteiger partial charge in [-0.25, -0.2) is 0 Å². The third kappa shape index (κ3) is 1.39. The van der Waals surface area contributed by atoms with E-state index < -0.39 is 0 Å². The van der Waals surface area contributed by atoms with E-state index >= 15 is 0 Å². The summed E-state index contributed by atoms with van der Waals surface area (Å²) in [5.41, 5.74) is 1.61. The second kappa shape index (κ2) is 3.16. The van der Waals surface area contributed by atoms with E-state index in [-0.39, 0.29) is 5.54 Å². The molecule has 0 radical (unpaired) electrons. The van der Waals surface area contributed by atoms with Crippen molar-refractivity contribution in [2.24, 2.45) is 16.1 Å². The summed E-state index contributed by atoms with van der Waals surface area (Å²) in [6, 6.07) is 10.8. The SMILES string of the molecule is C[C@]12C[C@@H](c3ccccc3)C[C@H]1CN=N2. The lowest BCUT2D eigenvalue weighted by molar-refractivity contribution is 0.401. The minimum Gasteiger partial charge on any atom is -0.193 e. The normalized spacial score (nSPS) is 38.2. The molecule has 78 valence electrons. The third-order valence-corrected chi connectivity index (χ3v) is 3.98. The molecular formula is C13H16N2. The first-order valence-corrected chi connectivity index (χ1v) is 5.71. The van der Waals surface area contributed by atoms with Crippen LogP contribution in [0.2, 0.25) is 0 Å². The maximum absolute atomic E-state index is 4.43. The Balaban J connectivity index is 1.85. The van der Waals surface area contributed by atoms with Gasteiger partial charge >= 0.3 is 0 Å². The Kier molecular flexibility index (Phi) is 1.91. The Morgan fingerprint density at radius 2 is 2.07 bits per heavy atom. The van der Waals surface area contributed by atoms with Crippen molar-refractivity contribution in [3.63, 3.8) is 0 Å². The number of azo groups is 1. The first kappa shape index (κ1) is 9.08. The molecule has 1 aromatic carbocycles. The molecule has 1 aliphatic heterocycles. The lowest BCUT2D eigenvalue weighted by Crippen LogP contribution is -2.23. The van der Waals surface area contributed by atoms with Gasteiger partial charge in [-0.1, -0.05) is 30.3 Å². The van der Waals surface area contributed by atoms with Crippen LogP contribution in [0.25, 0.3) is 0 Å². The van der Waals surface area contributed by atoms with Crippen LogP contribution in [0.4, 0.5) is 0 Å². The molecule has 1 saturated carbocycles.